The number of amides is 1. The molecule has 1 amide bonds. The third-order valence-corrected chi connectivity index (χ3v) is 4.39. The number of benzene rings is 1. The molecule has 6 heteroatoms. The first-order valence-corrected chi connectivity index (χ1v) is 8.16. The van der Waals surface area contributed by atoms with Crippen LogP contribution < -0.4 is 5.56 Å². The molecule has 1 aliphatic carbocycles. The van der Waals surface area contributed by atoms with E-state index in [2.05, 4.69) is 4.98 Å². The van der Waals surface area contributed by atoms with E-state index in [4.69, 9.17) is 0 Å². The van der Waals surface area contributed by atoms with E-state index in [1.807, 2.05) is 0 Å². The van der Waals surface area contributed by atoms with Gasteiger partial charge in [0.05, 0.1) is 0 Å². The van der Waals surface area contributed by atoms with Crippen LogP contribution in [-0.4, -0.2) is 26.2 Å². The van der Waals surface area contributed by atoms with Crippen LogP contribution in [-0.2, 0) is 6.54 Å². The normalized spacial score (nSPS) is 13.8. The molecule has 3 aromatic rings. The average Bonchev–Trinajstić information content (AvgIpc) is 3.46. The second-order valence-electron chi connectivity index (χ2n) is 6.16. The molecule has 5 nitrogen and oxygen atoms in total. The van der Waals surface area contributed by atoms with Crippen molar-refractivity contribution in [2.45, 2.75) is 25.4 Å². The summed E-state index contributed by atoms with van der Waals surface area (Å²) in [5, 5.41) is 0. The van der Waals surface area contributed by atoms with Gasteiger partial charge in [-0.2, -0.15) is 0 Å². The van der Waals surface area contributed by atoms with E-state index in [9.17, 15) is 14.0 Å². The largest absolute Gasteiger partial charge is 0.331 e. The Morgan fingerprint density at radius 2 is 1.96 bits per heavy atom. The Morgan fingerprint density at radius 1 is 1.20 bits per heavy atom. The molecular weight excluding hydrogens is 321 g/mol. The molecule has 1 saturated carbocycles. The van der Waals surface area contributed by atoms with Gasteiger partial charge in [0.15, 0.2) is 0 Å². The zero-order valence-electron chi connectivity index (χ0n) is 13.4. The maximum absolute atomic E-state index is 14.0. The van der Waals surface area contributed by atoms with Crippen molar-refractivity contribution < 1.29 is 9.18 Å². The third-order valence-electron chi connectivity index (χ3n) is 4.39. The van der Waals surface area contributed by atoms with Crippen molar-refractivity contribution in [1.82, 2.24) is 14.3 Å². The molecule has 2 aromatic heterocycles. The van der Waals surface area contributed by atoms with Crippen molar-refractivity contribution in [1.29, 1.82) is 0 Å². The maximum atomic E-state index is 14.0. The highest BCUT2D eigenvalue weighted by Gasteiger charge is 2.34. The number of hydrogen-bond acceptors (Lipinski definition) is 3. The zero-order chi connectivity index (χ0) is 17.4. The van der Waals surface area contributed by atoms with E-state index < -0.39 is 11.5 Å². The first-order chi connectivity index (χ1) is 12.1. The molecular formula is C19H16FN3O2. The van der Waals surface area contributed by atoms with Gasteiger partial charge in [-0.25, -0.2) is 9.37 Å². The molecule has 0 atom stereocenters. The number of rotatable bonds is 4. The predicted molar refractivity (Wildman–Crippen MR) is 90.8 cm³/mol. The molecule has 0 spiro atoms. The number of nitrogens with zero attached hydrogens (tertiary/aromatic N) is 3. The van der Waals surface area contributed by atoms with E-state index in [-0.39, 0.29) is 24.0 Å². The van der Waals surface area contributed by atoms with Crippen molar-refractivity contribution in [2.75, 3.05) is 0 Å². The van der Waals surface area contributed by atoms with Gasteiger partial charge in [-0.3, -0.25) is 14.0 Å². The molecule has 0 saturated heterocycles. The molecule has 0 bridgehead atoms. The van der Waals surface area contributed by atoms with Crippen LogP contribution in [0.4, 0.5) is 4.39 Å². The molecule has 0 aliphatic heterocycles. The Bertz CT molecular complexity index is 1010. The highest BCUT2D eigenvalue weighted by Crippen LogP contribution is 2.29. The number of carbonyl (C=O) groups is 1. The summed E-state index contributed by atoms with van der Waals surface area (Å²) in [7, 11) is 0. The van der Waals surface area contributed by atoms with Crippen molar-refractivity contribution in [3.63, 3.8) is 0 Å². The summed E-state index contributed by atoms with van der Waals surface area (Å²) in [6.07, 6.45) is 4.63. The van der Waals surface area contributed by atoms with Crippen LogP contribution >= 0.6 is 0 Å². The molecule has 1 aromatic carbocycles. The Labute approximate surface area is 143 Å². The molecule has 1 fully saturated rings. The molecule has 0 radical (unpaired) electrons. The second-order valence-corrected chi connectivity index (χ2v) is 6.16. The minimum Gasteiger partial charge on any atom is -0.331 e. The molecule has 0 unspecified atom stereocenters. The number of pyridine rings is 1. The van der Waals surface area contributed by atoms with Crippen LogP contribution in [0, 0.1) is 5.82 Å². The number of fused-ring (bicyclic) bond motifs is 1. The van der Waals surface area contributed by atoms with E-state index in [0.717, 1.165) is 12.8 Å². The molecule has 2 heterocycles. The summed E-state index contributed by atoms with van der Waals surface area (Å²) in [5.41, 5.74) is 0.523. The summed E-state index contributed by atoms with van der Waals surface area (Å²) in [5.74, 6) is -0.754. The third kappa shape index (κ3) is 2.91. The van der Waals surface area contributed by atoms with Gasteiger partial charge in [0.1, 0.15) is 17.0 Å². The van der Waals surface area contributed by atoms with Gasteiger partial charge in [-0.1, -0.05) is 24.3 Å². The Balaban J connectivity index is 1.71. The van der Waals surface area contributed by atoms with Crippen molar-refractivity contribution in [3.05, 3.63) is 82.2 Å². The zero-order valence-corrected chi connectivity index (χ0v) is 13.4. The SMILES string of the molecule is O=C(c1cnc2ccccn2c1=O)N(Cc1ccccc1F)C1CC1. The lowest BCUT2D eigenvalue weighted by Crippen LogP contribution is -2.37. The second kappa shape index (κ2) is 6.12. The van der Waals surface area contributed by atoms with Gasteiger partial charge in [0.2, 0.25) is 0 Å². The number of halogens is 1. The van der Waals surface area contributed by atoms with Crippen molar-refractivity contribution in [2.24, 2.45) is 0 Å². The van der Waals surface area contributed by atoms with Crippen molar-refractivity contribution >= 4 is 11.6 Å². The summed E-state index contributed by atoms with van der Waals surface area (Å²) in [6, 6.07) is 11.6. The standard InChI is InChI=1S/C19H16FN3O2/c20-16-6-2-1-5-13(16)12-23(14-8-9-14)19(25)15-11-21-17-7-3-4-10-22(17)18(15)24/h1-7,10-11,14H,8-9,12H2. The first-order valence-electron chi connectivity index (χ1n) is 8.16. The van der Waals surface area contributed by atoms with Gasteiger partial charge >= 0.3 is 0 Å². The smallest absolute Gasteiger partial charge is 0.270 e. The van der Waals surface area contributed by atoms with E-state index >= 15 is 0 Å². The fourth-order valence-electron chi connectivity index (χ4n) is 2.89. The van der Waals surface area contributed by atoms with Gasteiger partial charge in [0.25, 0.3) is 11.5 Å². The number of carbonyl (C=O) groups excluding carboxylic acids is 1. The van der Waals surface area contributed by atoms with Crippen LogP contribution in [0.25, 0.3) is 5.65 Å². The van der Waals surface area contributed by atoms with Gasteiger partial charge in [-0.05, 0) is 31.0 Å². The highest BCUT2D eigenvalue weighted by molar-refractivity contribution is 5.94. The predicted octanol–water partition coefficient (Wildman–Crippen LogP) is 2.64. The van der Waals surface area contributed by atoms with Crippen molar-refractivity contribution in [3.8, 4) is 0 Å². The summed E-state index contributed by atoms with van der Waals surface area (Å²) in [6.45, 7) is 0.146. The summed E-state index contributed by atoms with van der Waals surface area (Å²) < 4.78 is 15.3. The first kappa shape index (κ1) is 15.5. The summed E-state index contributed by atoms with van der Waals surface area (Å²) >= 11 is 0. The van der Waals surface area contributed by atoms with E-state index in [1.165, 1.54) is 16.7 Å². The quantitative estimate of drug-likeness (QED) is 0.735. The lowest BCUT2D eigenvalue weighted by molar-refractivity contribution is 0.0726. The minimum absolute atomic E-state index is 0.00643. The Kier molecular flexibility index (Phi) is 3.80. The fraction of sp³-hybridized carbons (Fsp3) is 0.211. The summed E-state index contributed by atoms with van der Waals surface area (Å²) in [4.78, 5) is 31.4. The topological polar surface area (TPSA) is 54.7 Å². The average molecular weight is 337 g/mol. The molecule has 1 aliphatic rings. The van der Waals surface area contributed by atoms with Crippen LogP contribution in [0.5, 0.6) is 0 Å². The molecule has 4 rings (SSSR count). The lowest BCUT2D eigenvalue weighted by atomic mass is 10.1. The highest BCUT2D eigenvalue weighted by atomic mass is 19.1. The molecule has 25 heavy (non-hydrogen) atoms. The van der Waals surface area contributed by atoms with E-state index in [0.29, 0.717) is 11.2 Å². The van der Waals surface area contributed by atoms with Gasteiger partial charge in [-0.15, -0.1) is 0 Å². The molecule has 0 N–H and O–H groups in total. The van der Waals surface area contributed by atoms with Crippen LogP contribution in [0.1, 0.15) is 28.8 Å². The van der Waals surface area contributed by atoms with Gasteiger partial charge in [0, 0.05) is 30.5 Å². The lowest BCUT2D eigenvalue weighted by Gasteiger charge is -2.22. The minimum atomic E-state index is -0.408. The van der Waals surface area contributed by atoms with Crippen LogP contribution in [0.2, 0.25) is 0 Å². The van der Waals surface area contributed by atoms with Crippen LogP contribution in [0.3, 0.4) is 0 Å². The maximum Gasteiger partial charge on any atom is 0.270 e. The fourth-order valence-corrected chi connectivity index (χ4v) is 2.89. The number of hydrogen-bond donors (Lipinski definition) is 0. The Morgan fingerprint density at radius 3 is 2.72 bits per heavy atom. The van der Waals surface area contributed by atoms with E-state index in [1.54, 1.807) is 47.5 Å². The number of aromatic nitrogens is 2. The van der Waals surface area contributed by atoms with Crippen LogP contribution in [0.15, 0.2) is 59.7 Å². The van der Waals surface area contributed by atoms with Gasteiger partial charge < -0.3 is 4.90 Å². The molecule has 126 valence electrons. The monoisotopic (exact) mass is 337 g/mol. The Hall–Kier alpha value is -3.02.